The summed E-state index contributed by atoms with van der Waals surface area (Å²) in [5, 5.41) is 0. The van der Waals surface area contributed by atoms with E-state index < -0.39 is 0 Å². The maximum atomic E-state index is 13.1. The van der Waals surface area contributed by atoms with Crippen molar-refractivity contribution in [2.45, 2.75) is 31.3 Å². The average Bonchev–Trinajstić information content (AvgIpc) is 3.14. The monoisotopic (exact) mass is 308 g/mol. The van der Waals surface area contributed by atoms with Crippen LogP contribution in [0.3, 0.4) is 0 Å². The molecule has 23 heavy (non-hydrogen) atoms. The van der Waals surface area contributed by atoms with E-state index in [2.05, 4.69) is 28.0 Å². The molecule has 0 bridgehead atoms. The topological polar surface area (TPSA) is 6.48 Å². The highest BCUT2D eigenvalue weighted by atomic mass is 19.1. The van der Waals surface area contributed by atoms with Gasteiger partial charge in [0.25, 0.3) is 0 Å². The lowest BCUT2D eigenvalue weighted by molar-refractivity contribution is 0.186. The van der Waals surface area contributed by atoms with Gasteiger partial charge in [0.15, 0.2) is 0 Å². The number of benzene rings is 2. The summed E-state index contributed by atoms with van der Waals surface area (Å²) in [4.78, 5) is 5.21. The predicted molar refractivity (Wildman–Crippen MR) is 90.3 cm³/mol. The van der Waals surface area contributed by atoms with Crippen LogP contribution in [-0.4, -0.2) is 30.6 Å². The van der Waals surface area contributed by atoms with E-state index in [0.717, 1.165) is 19.6 Å². The molecule has 0 saturated carbocycles. The van der Waals surface area contributed by atoms with E-state index in [0.29, 0.717) is 12.0 Å². The van der Waals surface area contributed by atoms with Crippen LogP contribution in [0.25, 0.3) is 0 Å². The number of hydrogen-bond donors (Lipinski definition) is 0. The van der Waals surface area contributed by atoms with Crippen molar-refractivity contribution < 1.29 is 4.39 Å². The number of para-hydroxylation sites is 1. The third-order valence-corrected chi connectivity index (χ3v) is 5.84. The Morgan fingerprint density at radius 1 is 1.04 bits per heavy atom. The second kappa shape index (κ2) is 5.07. The predicted octanol–water partition coefficient (Wildman–Crippen LogP) is 3.56. The van der Waals surface area contributed by atoms with Crippen LogP contribution in [0.2, 0.25) is 0 Å². The maximum Gasteiger partial charge on any atom is 0.123 e. The van der Waals surface area contributed by atoms with Crippen LogP contribution in [0, 0.1) is 5.82 Å². The molecule has 1 saturated heterocycles. The Hall–Kier alpha value is -1.87. The van der Waals surface area contributed by atoms with Crippen molar-refractivity contribution >= 4 is 5.69 Å². The molecule has 0 aromatic heterocycles. The Bertz CT molecular complexity index is 740. The summed E-state index contributed by atoms with van der Waals surface area (Å²) in [5.74, 6) is 0.488. The zero-order valence-corrected chi connectivity index (χ0v) is 13.2. The van der Waals surface area contributed by atoms with Crippen LogP contribution < -0.4 is 4.90 Å². The number of likely N-dealkylation sites (tertiary alicyclic amines) is 1. The molecule has 0 unspecified atom stereocenters. The molecule has 118 valence electrons. The van der Waals surface area contributed by atoms with E-state index in [9.17, 15) is 4.39 Å². The fraction of sp³-hybridized carbons (Fsp3) is 0.400. The zero-order valence-electron chi connectivity index (χ0n) is 13.2. The second-order valence-corrected chi connectivity index (χ2v) is 7.12. The smallest absolute Gasteiger partial charge is 0.123 e. The Labute approximate surface area is 136 Å². The van der Waals surface area contributed by atoms with E-state index in [-0.39, 0.29) is 5.82 Å². The molecule has 5 rings (SSSR count). The van der Waals surface area contributed by atoms with E-state index >= 15 is 0 Å². The van der Waals surface area contributed by atoms with E-state index in [1.165, 1.54) is 24.9 Å². The van der Waals surface area contributed by atoms with Gasteiger partial charge in [-0.15, -0.1) is 0 Å². The molecule has 2 atom stereocenters. The number of piperidine rings is 1. The number of halogens is 1. The normalized spacial score (nSPS) is 25.5. The van der Waals surface area contributed by atoms with Crippen molar-refractivity contribution in [1.82, 2.24) is 4.90 Å². The summed E-state index contributed by atoms with van der Waals surface area (Å²) in [5.41, 5.74) is 5.86. The quantitative estimate of drug-likeness (QED) is 0.837. The fourth-order valence-electron chi connectivity index (χ4n) is 4.82. The van der Waals surface area contributed by atoms with Crippen LogP contribution in [-0.2, 0) is 13.0 Å². The lowest BCUT2D eigenvalue weighted by atomic mass is 9.87. The van der Waals surface area contributed by atoms with Gasteiger partial charge in [-0.2, -0.15) is 0 Å². The van der Waals surface area contributed by atoms with Gasteiger partial charge in [-0.3, -0.25) is 4.90 Å². The maximum absolute atomic E-state index is 13.1. The molecule has 1 fully saturated rings. The summed E-state index contributed by atoms with van der Waals surface area (Å²) in [6.45, 7) is 4.39. The standard InChI is InChI=1S/C20H21FN2/c21-16-6-4-14(5-7-16)12-22-10-9-19-18(13-22)17-3-1-2-15-8-11-23(19)20(15)17/h1-7,18-19H,8-13H2/t18-,19-/m1/s1. The van der Waals surface area contributed by atoms with Crippen LogP contribution in [0.15, 0.2) is 42.5 Å². The molecule has 0 radical (unpaired) electrons. The van der Waals surface area contributed by atoms with Crippen LogP contribution >= 0.6 is 0 Å². The molecule has 0 aliphatic carbocycles. The van der Waals surface area contributed by atoms with Gasteiger partial charge < -0.3 is 4.90 Å². The van der Waals surface area contributed by atoms with E-state index in [4.69, 9.17) is 0 Å². The lowest BCUT2D eigenvalue weighted by Gasteiger charge is -2.38. The van der Waals surface area contributed by atoms with Crippen molar-refractivity contribution in [1.29, 1.82) is 0 Å². The first-order chi connectivity index (χ1) is 11.3. The van der Waals surface area contributed by atoms with Gasteiger partial charge in [-0.1, -0.05) is 30.3 Å². The van der Waals surface area contributed by atoms with E-state index in [1.54, 1.807) is 28.9 Å². The van der Waals surface area contributed by atoms with Gasteiger partial charge in [-0.25, -0.2) is 4.39 Å². The van der Waals surface area contributed by atoms with Crippen LogP contribution in [0.1, 0.15) is 29.0 Å². The highest BCUT2D eigenvalue weighted by Crippen LogP contribution is 2.49. The largest absolute Gasteiger partial charge is 0.367 e. The Morgan fingerprint density at radius 3 is 2.78 bits per heavy atom. The summed E-state index contributed by atoms with van der Waals surface area (Å²) in [6.07, 6.45) is 2.45. The minimum atomic E-state index is -0.150. The molecule has 3 aliphatic rings. The number of hydrogen-bond acceptors (Lipinski definition) is 2. The van der Waals surface area contributed by atoms with Crippen molar-refractivity contribution in [2.24, 2.45) is 0 Å². The Balaban J connectivity index is 1.39. The van der Waals surface area contributed by atoms with E-state index in [1.807, 2.05) is 12.1 Å². The first-order valence-corrected chi connectivity index (χ1v) is 8.65. The minimum Gasteiger partial charge on any atom is -0.367 e. The summed E-state index contributed by atoms with van der Waals surface area (Å²) < 4.78 is 13.1. The highest BCUT2D eigenvalue weighted by molar-refractivity contribution is 5.70. The summed E-state index contributed by atoms with van der Waals surface area (Å²) >= 11 is 0. The molecule has 0 N–H and O–H groups in total. The van der Waals surface area contributed by atoms with Crippen molar-refractivity contribution in [2.75, 3.05) is 24.5 Å². The second-order valence-electron chi connectivity index (χ2n) is 7.12. The Kier molecular flexibility index (Phi) is 2.99. The number of rotatable bonds is 2. The average molecular weight is 308 g/mol. The van der Waals surface area contributed by atoms with Crippen molar-refractivity contribution in [3.63, 3.8) is 0 Å². The molecule has 2 aromatic rings. The molecular weight excluding hydrogens is 287 g/mol. The minimum absolute atomic E-state index is 0.150. The van der Waals surface area contributed by atoms with Crippen molar-refractivity contribution in [3.8, 4) is 0 Å². The zero-order chi connectivity index (χ0) is 15.4. The molecule has 3 heterocycles. The van der Waals surface area contributed by atoms with Crippen LogP contribution in [0.5, 0.6) is 0 Å². The summed E-state index contributed by atoms with van der Waals surface area (Å²) in [6, 6.07) is 14.5. The fourth-order valence-corrected chi connectivity index (χ4v) is 4.82. The van der Waals surface area contributed by atoms with Gasteiger partial charge in [0.1, 0.15) is 5.82 Å². The molecule has 3 aliphatic heterocycles. The third-order valence-electron chi connectivity index (χ3n) is 5.84. The van der Waals surface area contributed by atoms with Gasteiger partial charge in [0.05, 0.1) is 0 Å². The number of fused-ring (bicyclic) bond motifs is 3. The van der Waals surface area contributed by atoms with Crippen LogP contribution in [0.4, 0.5) is 10.1 Å². The Morgan fingerprint density at radius 2 is 1.91 bits per heavy atom. The summed E-state index contributed by atoms with van der Waals surface area (Å²) in [7, 11) is 0. The van der Waals surface area contributed by atoms with Crippen molar-refractivity contribution in [3.05, 3.63) is 65.0 Å². The molecule has 0 amide bonds. The first-order valence-electron chi connectivity index (χ1n) is 8.65. The van der Waals surface area contributed by atoms with Gasteiger partial charge in [0.2, 0.25) is 0 Å². The highest BCUT2D eigenvalue weighted by Gasteiger charge is 2.44. The SMILES string of the molecule is Fc1ccc(CN2CC[C@@H]3[C@H](C2)c2cccc4c2N3CC4)cc1. The van der Waals surface area contributed by atoms with Gasteiger partial charge in [0, 0.05) is 43.8 Å². The third kappa shape index (κ3) is 2.10. The molecule has 3 heteroatoms. The molecule has 2 aromatic carbocycles. The first kappa shape index (κ1) is 13.6. The molecular formula is C20H21FN2. The molecule has 2 nitrogen and oxygen atoms in total. The lowest BCUT2D eigenvalue weighted by Crippen LogP contribution is -2.45. The molecule has 0 spiro atoms. The number of nitrogens with zero attached hydrogens (tertiary/aromatic N) is 2. The van der Waals surface area contributed by atoms with Gasteiger partial charge in [-0.05, 0) is 41.7 Å². The number of anilines is 1. The van der Waals surface area contributed by atoms with Gasteiger partial charge >= 0.3 is 0 Å².